The summed E-state index contributed by atoms with van der Waals surface area (Å²) in [4.78, 5) is 12.9. The first-order valence-electron chi connectivity index (χ1n) is 6.24. The summed E-state index contributed by atoms with van der Waals surface area (Å²) in [5.41, 5.74) is 7.52. The topological polar surface area (TPSA) is 72.4 Å². The zero-order valence-corrected chi connectivity index (χ0v) is 10.8. The number of hydrogen-bond donors (Lipinski definition) is 1. The minimum Gasteiger partial charge on any atom is -0.368 e. The highest BCUT2D eigenvalue weighted by Gasteiger charge is 2.29. The number of nitrogens with zero attached hydrogens (tertiary/aromatic N) is 2. The highest BCUT2D eigenvalue weighted by molar-refractivity contribution is 5.57. The Morgan fingerprint density at radius 2 is 2.28 bits per heavy atom. The molecule has 5 heteroatoms. The molecule has 0 aromatic heterocycles. The van der Waals surface area contributed by atoms with E-state index in [1.54, 1.807) is 13.0 Å². The van der Waals surface area contributed by atoms with Gasteiger partial charge in [-0.2, -0.15) is 0 Å². The summed E-state index contributed by atoms with van der Waals surface area (Å²) in [5.74, 6) is 0.486. The van der Waals surface area contributed by atoms with Crippen LogP contribution in [-0.2, 0) is 0 Å². The number of nitrogens with two attached hydrogens (primary N) is 1. The van der Waals surface area contributed by atoms with Crippen molar-refractivity contribution in [1.82, 2.24) is 0 Å². The summed E-state index contributed by atoms with van der Waals surface area (Å²) in [5, 5.41) is 11.0. The van der Waals surface area contributed by atoms with E-state index in [1.165, 1.54) is 0 Å². The van der Waals surface area contributed by atoms with E-state index in [0.29, 0.717) is 24.1 Å². The molecule has 0 spiro atoms. The quantitative estimate of drug-likeness (QED) is 0.657. The van der Waals surface area contributed by atoms with Gasteiger partial charge in [0.2, 0.25) is 0 Å². The Kier molecular flexibility index (Phi) is 3.52. The first-order valence-corrected chi connectivity index (χ1v) is 6.24. The fraction of sp³-hybridized carbons (Fsp3) is 0.538. The van der Waals surface area contributed by atoms with Crippen LogP contribution in [0.5, 0.6) is 0 Å². The summed E-state index contributed by atoms with van der Waals surface area (Å²) >= 11 is 0. The van der Waals surface area contributed by atoms with Crippen molar-refractivity contribution >= 4 is 11.4 Å². The van der Waals surface area contributed by atoms with Crippen LogP contribution in [0.1, 0.15) is 18.9 Å². The number of rotatable bonds is 3. The summed E-state index contributed by atoms with van der Waals surface area (Å²) in [6, 6.07) is 5.83. The third-order valence-corrected chi connectivity index (χ3v) is 3.72. The summed E-state index contributed by atoms with van der Waals surface area (Å²) in [7, 11) is 0. The molecule has 0 radical (unpaired) electrons. The van der Waals surface area contributed by atoms with Crippen LogP contribution in [0.15, 0.2) is 18.2 Å². The molecule has 2 N–H and O–H groups in total. The molecule has 1 aromatic rings. The van der Waals surface area contributed by atoms with Crippen LogP contribution in [0.2, 0.25) is 0 Å². The van der Waals surface area contributed by atoms with Gasteiger partial charge < -0.3 is 10.6 Å². The van der Waals surface area contributed by atoms with Gasteiger partial charge in [-0.3, -0.25) is 10.1 Å². The van der Waals surface area contributed by atoms with Crippen molar-refractivity contribution in [2.75, 3.05) is 18.0 Å². The molecule has 0 bridgehead atoms. The fourth-order valence-electron chi connectivity index (χ4n) is 2.65. The van der Waals surface area contributed by atoms with E-state index in [4.69, 9.17) is 5.73 Å². The Morgan fingerprint density at radius 1 is 1.56 bits per heavy atom. The lowest BCUT2D eigenvalue weighted by Gasteiger charge is -2.23. The van der Waals surface area contributed by atoms with Gasteiger partial charge in [-0.15, -0.1) is 0 Å². The van der Waals surface area contributed by atoms with Gasteiger partial charge in [0.25, 0.3) is 5.69 Å². The van der Waals surface area contributed by atoms with Gasteiger partial charge in [0.15, 0.2) is 0 Å². The van der Waals surface area contributed by atoms with Crippen molar-refractivity contribution in [2.24, 2.45) is 11.7 Å². The van der Waals surface area contributed by atoms with Crippen LogP contribution in [0.4, 0.5) is 11.4 Å². The van der Waals surface area contributed by atoms with E-state index in [-0.39, 0.29) is 10.6 Å². The van der Waals surface area contributed by atoms with Crippen molar-refractivity contribution in [1.29, 1.82) is 0 Å². The van der Waals surface area contributed by atoms with Crippen molar-refractivity contribution < 1.29 is 4.92 Å². The molecule has 98 valence electrons. The molecule has 1 aliphatic heterocycles. The van der Waals surface area contributed by atoms with E-state index >= 15 is 0 Å². The molecule has 2 atom stereocenters. The first kappa shape index (κ1) is 12.8. The zero-order valence-electron chi connectivity index (χ0n) is 10.8. The van der Waals surface area contributed by atoms with E-state index in [2.05, 4.69) is 11.8 Å². The summed E-state index contributed by atoms with van der Waals surface area (Å²) in [6.07, 6.45) is 1.05. The second kappa shape index (κ2) is 4.94. The number of hydrogen-bond acceptors (Lipinski definition) is 4. The van der Waals surface area contributed by atoms with E-state index in [1.807, 2.05) is 12.1 Å². The number of benzene rings is 1. The molecule has 5 nitrogen and oxygen atoms in total. The van der Waals surface area contributed by atoms with Crippen LogP contribution in [0, 0.1) is 23.0 Å². The zero-order chi connectivity index (χ0) is 13.3. The van der Waals surface area contributed by atoms with Gasteiger partial charge in [0.05, 0.1) is 4.92 Å². The Hall–Kier alpha value is -1.62. The molecule has 0 saturated carbocycles. The van der Waals surface area contributed by atoms with Crippen LogP contribution in [-0.4, -0.2) is 24.1 Å². The lowest BCUT2D eigenvalue weighted by atomic mass is 10.1. The SMILES string of the molecule is Cc1ccc(N2CC(CN)CC2C)cc1[N+](=O)[O-]. The number of nitro benzene ring substituents is 1. The molecule has 1 fully saturated rings. The Bertz CT molecular complexity index is 462. The lowest BCUT2D eigenvalue weighted by molar-refractivity contribution is -0.385. The summed E-state index contributed by atoms with van der Waals surface area (Å²) < 4.78 is 0. The van der Waals surface area contributed by atoms with Crippen molar-refractivity contribution in [3.05, 3.63) is 33.9 Å². The first-order chi connectivity index (χ1) is 8.52. The maximum Gasteiger partial charge on any atom is 0.274 e. The predicted octanol–water partition coefficient (Wildman–Crippen LogP) is 2.08. The fourth-order valence-corrected chi connectivity index (χ4v) is 2.65. The molecule has 1 aliphatic rings. The van der Waals surface area contributed by atoms with Gasteiger partial charge in [-0.05, 0) is 38.8 Å². The normalized spacial score (nSPS) is 23.4. The smallest absolute Gasteiger partial charge is 0.274 e. The molecule has 1 heterocycles. The number of nitro groups is 1. The molecule has 18 heavy (non-hydrogen) atoms. The Labute approximate surface area is 107 Å². The Balaban J connectivity index is 2.29. The molecular weight excluding hydrogens is 230 g/mol. The van der Waals surface area contributed by atoms with Crippen molar-refractivity contribution in [3.63, 3.8) is 0 Å². The second-order valence-electron chi connectivity index (χ2n) is 5.07. The Morgan fingerprint density at radius 3 is 2.83 bits per heavy atom. The molecule has 2 unspecified atom stereocenters. The van der Waals surface area contributed by atoms with Gasteiger partial charge in [-0.25, -0.2) is 0 Å². The minimum atomic E-state index is -0.319. The van der Waals surface area contributed by atoms with Crippen molar-refractivity contribution in [2.45, 2.75) is 26.3 Å². The van der Waals surface area contributed by atoms with E-state index in [9.17, 15) is 10.1 Å². The highest BCUT2D eigenvalue weighted by Crippen LogP contribution is 2.31. The standard InChI is InChI=1S/C13H19N3O2/c1-9-3-4-12(6-13(9)16(17)18)15-8-11(7-14)5-10(15)2/h3-4,6,10-11H,5,7-8,14H2,1-2H3. The molecule has 0 aliphatic carbocycles. The maximum absolute atomic E-state index is 11.0. The van der Waals surface area contributed by atoms with Crippen LogP contribution >= 0.6 is 0 Å². The maximum atomic E-state index is 11.0. The van der Waals surface area contributed by atoms with Gasteiger partial charge >= 0.3 is 0 Å². The van der Waals surface area contributed by atoms with Crippen LogP contribution in [0.3, 0.4) is 0 Å². The van der Waals surface area contributed by atoms with Gasteiger partial charge in [-0.1, -0.05) is 6.07 Å². The van der Waals surface area contributed by atoms with Crippen LogP contribution in [0.25, 0.3) is 0 Å². The predicted molar refractivity (Wildman–Crippen MR) is 71.8 cm³/mol. The monoisotopic (exact) mass is 249 g/mol. The molecule has 1 saturated heterocycles. The minimum absolute atomic E-state index is 0.191. The molecule has 1 aromatic carbocycles. The number of aryl methyl sites for hydroxylation is 1. The van der Waals surface area contributed by atoms with Crippen LogP contribution < -0.4 is 10.6 Å². The number of anilines is 1. The lowest BCUT2D eigenvalue weighted by Crippen LogP contribution is -2.27. The largest absolute Gasteiger partial charge is 0.368 e. The van der Waals surface area contributed by atoms with Crippen molar-refractivity contribution in [3.8, 4) is 0 Å². The average molecular weight is 249 g/mol. The van der Waals surface area contributed by atoms with Gasteiger partial charge in [0, 0.05) is 29.9 Å². The average Bonchev–Trinajstić information content (AvgIpc) is 2.71. The molecule has 0 amide bonds. The van der Waals surface area contributed by atoms with Gasteiger partial charge in [0.1, 0.15) is 0 Å². The summed E-state index contributed by atoms with van der Waals surface area (Å²) in [6.45, 7) is 5.46. The molecule has 2 rings (SSSR count). The second-order valence-corrected chi connectivity index (χ2v) is 5.07. The van der Waals surface area contributed by atoms with E-state index in [0.717, 1.165) is 18.7 Å². The third-order valence-electron chi connectivity index (χ3n) is 3.72. The third kappa shape index (κ3) is 2.31. The highest BCUT2D eigenvalue weighted by atomic mass is 16.6. The molecular formula is C13H19N3O2. The van der Waals surface area contributed by atoms with E-state index < -0.39 is 0 Å².